The summed E-state index contributed by atoms with van der Waals surface area (Å²) in [6.45, 7) is 11.3. The van der Waals surface area contributed by atoms with Crippen molar-refractivity contribution in [3.63, 3.8) is 0 Å². The van der Waals surface area contributed by atoms with E-state index in [1.54, 1.807) is 0 Å². The number of ether oxygens (including phenoxy) is 1. The lowest BCUT2D eigenvalue weighted by molar-refractivity contribution is -0.00239. The van der Waals surface area contributed by atoms with Gasteiger partial charge in [-0.1, -0.05) is 22.0 Å². The molecule has 1 saturated heterocycles. The molecule has 0 atom stereocenters. The quantitative estimate of drug-likeness (QED) is 0.747. The predicted octanol–water partition coefficient (Wildman–Crippen LogP) is 4.34. The fourth-order valence-corrected chi connectivity index (χ4v) is 4.14. The summed E-state index contributed by atoms with van der Waals surface area (Å²) >= 11 is 3.59. The highest BCUT2D eigenvalue weighted by molar-refractivity contribution is 9.10. The molecular weight excluding hydrogens is 368 g/mol. The minimum Gasteiger partial charge on any atom is -0.444 e. The summed E-state index contributed by atoms with van der Waals surface area (Å²) in [6, 6.07) is 6.58. The summed E-state index contributed by atoms with van der Waals surface area (Å²) in [4.78, 5) is 16.8. The van der Waals surface area contributed by atoms with Gasteiger partial charge in [-0.25, -0.2) is 4.79 Å². The van der Waals surface area contributed by atoms with Crippen LogP contribution in [0.15, 0.2) is 22.7 Å². The second-order valence-electron chi connectivity index (χ2n) is 8.18. The third-order valence-corrected chi connectivity index (χ3v) is 5.21. The molecule has 1 amide bonds. The van der Waals surface area contributed by atoms with E-state index < -0.39 is 5.60 Å². The molecular formula is C19H27BrN2O2. The summed E-state index contributed by atoms with van der Waals surface area (Å²) in [5.41, 5.74) is 2.33. The Morgan fingerprint density at radius 3 is 2.54 bits per heavy atom. The lowest BCUT2D eigenvalue weighted by atomic mass is 10.1. The Morgan fingerprint density at radius 1 is 1.25 bits per heavy atom. The zero-order valence-electron chi connectivity index (χ0n) is 15.1. The number of hydrogen-bond acceptors (Lipinski definition) is 3. The average Bonchev–Trinajstić information content (AvgIpc) is 3.18. The van der Waals surface area contributed by atoms with Gasteiger partial charge in [-0.15, -0.1) is 0 Å². The van der Waals surface area contributed by atoms with E-state index >= 15 is 0 Å². The van der Waals surface area contributed by atoms with E-state index in [1.165, 1.54) is 24.0 Å². The fraction of sp³-hybridized carbons (Fsp3) is 0.632. The maximum atomic E-state index is 12.4. The number of halogens is 1. The van der Waals surface area contributed by atoms with Crippen LogP contribution in [0.2, 0.25) is 0 Å². The van der Waals surface area contributed by atoms with Gasteiger partial charge in [-0.3, -0.25) is 4.90 Å². The van der Waals surface area contributed by atoms with Crippen molar-refractivity contribution in [2.45, 2.75) is 58.2 Å². The second kappa shape index (κ2) is 6.34. The van der Waals surface area contributed by atoms with Crippen molar-refractivity contribution in [3.05, 3.63) is 33.8 Å². The Labute approximate surface area is 153 Å². The lowest BCUT2D eigenvalue weighted by Crippen LogP contribution is -2.56. The lowest BCUT2D eigenvalue weighted by Gasteiger charge is -2.42. The fourth-order valence-electron chi connectivity index (χ4n) is 3.48. The van der Waals surface area contributed by atoms with Crippen LogP contribution in [0.1, 0.15) is 44.7 Å². The first-order valence-electron chi connectivity index (χ1n) is 8.66. The molecule has 1 aromatic carbocycles. The number of benzene rings is 1. The van der Waals surface area contributed by atoms with Crippen LogP contribution in [0.5, 0.6) is 0 Å². The van der Waals surface area contributed by atoms with Crippen molar-refractivity contribution in [3.8, 4) is 0 Å². The minimum atomic E-state index is -0.432. The van der Waals surface area contributed by atoms with E-state index in [-0.39, 0.29) is 11.6 Å². The number of aryl methyl sites for hydroxylation is 1. The van der Waals surface area contributed by atoms with E-state index in [0.717, 1.165) is 30.7 Å². The SMILES string of the molecule is Cc1cc(Br)cc(CN2CCN(C(=O)OC(C)(C)C)CC23CC3)c1. The van der Waals surface area contributed by atoms with Gasteiger partial charge in [0.1, 0.15) is 5.60 Å². The van der Waals surface area contributed by atoms with Gasteiger partial charge in [0.05, 0.1) is 0 Å². The molecule has 2 fully saturated rings. The van der Waals surface area contributed by atoms with Crippen molar-refractivity contribution < 1.29 is 9.53 Å². The Bertz CT molecular complexity index is 614. The van der Waals surface area contributed by atoms with Gasteiger partial charge in [0.2, 0.25) is 0 Å². The topological polar surface area (TPSA) is 32.8 Å². The number of amides is 1. The molecule has 1 spiro atoms. The third-order valence-electron chi connectivity index (χ3n) is 4.75. The van der Waals surface area contributed by atoms with Crippen molar-refractivity contribution in [1.29, 1.82) is 0 Å². The maximum Gasteiger partial charge on any atom is 0.410 e. The second-order valence-corrected chi connectivity index (χ2v) is 9.10. The Hall–Kier alpha value is -1.07. The largest absolute Gasteiger partial charge is 0.444 e. The minimum absolute atomic E-state index is 0.158. The molecule has 1 saturated carbocycles. The van der Waals surface area contributed by atoms with E-state index in [9.17, 15) is 4.79 Å². The maximum absolute atomic E-state index is 12.4. The van der Waals surface area contributed by atoms with Gasteiger partial charge in [0.25, 0.3) is 0 Å². The molecule has 132 valence electrons. The summed E-state index contributed by atoms with van der Waals surface area (Å²) in [6.07, 6.45) is 2.16. The Morgan fingerprint density at radius 2 is 1.96 bits per heavy atom. The molecule has 0 aromatic heterocycles. The molecule has 4 nitrogen and oxygen atoms in total. The van der Waals surface area contributed by atoms with E-state index in [2.05, 4.69) is 46.0 Å². The van der Waals surface area contributed by atoms with Crippen molar-refractivity contribution in [2.24, 2.45) is 0 Å². The van der Waals surface area contributed by atoms with Crippen LogP contribution in [0.3, 0.4) is 0 Å². The first-order valence-corrected chi connectivity index (χ1v) is 9.45. The smallest absolute Gasteiger partial charge is 0.410 e. The molecule has 0 N–H and O–H groups in total. The zero-order chi connectivity index (χ0) is 17.5. The highest BCUT2D eigenvalue weighted by atomic mass is 79.9. The number of carbonyl (C=O) groups is 1. The molecule has 5 heteroatoms. The predicted molar refractivity (Wildman–Crippen MR) is 99.1 cm³/mol. The van der Waals surface area contributed by atoms with Crippen molar-refractivity contribution in [1.82, 2.24) is 9.80 Å². The Balaban J connectivity index is 1.66. The number of carbonyl (C=O) groups excluding carboxylic acids is 1. The monoisotopic (exact) mass is 394 g/mol. The van der Waals surface area contributed by atoms with E-state index in [4.69, 9.17) is 4.74 Å². The van der Waals surface area contributed by atoms with Crippen molar-refractivity contribution >= 4 is 22.0 Å². The van der Waals surface area contributed by atoms with Crippen molar-refractivity contribution in [2.75, 3.05) is 19.6 Å². The van der Waals surface area contributed by atoms with Gasteiger partial charge in [0, 0.05) is 36.2 Å². The van der Waals surface area contributed by atoms with Gasteiger partial charge in [-0.2, -0.15) is 0 Å². The summed E-state index contributed by atoms with van der Waals surface area (Å²) in [5.74, 6) is 0. The van der Waals surface area contributed by atoms with Gasteiger partial charge < -0.3 is 9.64 Å². The van der Waals surface area contributed by atoms with Crippen LogP contribution in [0, 0.1) is 6.92 Å². The normalized spacial score (nSPS) is 20.3. The van der Waals surface area contributed by atoms with Crippen LogP contribution in [-0.2, 0) is 11.3 Å². The molecule has 3 rings (SSSR count). The van der Waals surface area contributed by atoms with Crippen LogP contribution in [0.25, 0.3) is 0 Å². The van der Waals surface area contributed by atoms with Crippen LogP contribution in [-0.4, -0.2) is 46.7 Å². The highest BCUT2D eigenvalue weighted by Gasteiger charge is 2.52. The molecule has 0 bridgehead atoms. The summed E-state index contributed by atoms with van der Waals surface area (Å²) in [7, 11) is 0. The van der Waals surface area contributed by atoms with Gasteiger partial charge in [0.15, 0.2) is 0 Å². The van der Waals surface area contributed by atoms with Gasteiger partial charge >= 0.3 is 6.09 Å². The van der Waals surface area contributed by atoms with Gasteiger partial charge in [-0.05, 0) is 63.8 Å². The number of rotatable bonds is 2. The summed E-state index contributed by atoms with van der Waals surface area (Å²) in [5, 5.41) is 0. The highest BCUT2D eigenvalue weighted by Crippen LogP contribution is 2.45. The molecule has 2 aliphatic rings. The first-order chi connectivity index (χ1) is 11.2. The number of hydrogen-bond donors (Lipinski definition) is 0. The summed E-state index contributed by atoms with van der Waals surface area (Å²) < 4.78 is 6.68. The van der Waals surface area contributed by atoms with E-state index in [1.807, 2.05) is 25.7 Å². The molecule has 1 aliphatic carbocycles. The first kappa shape index (κ1) is 17.7. The van der Waals surface area contributed by atoms with Crippen LogP contribution >= 0.6 is 15.9 Å². The number of piperazine rings is 1. The average molecular weight is 395 g/mol. The van der Waals surface area contributed by atoms with Crippen LogP contribution in [0.4, 0.5) is 4.79 Å². The molecule has 1 heterocycles. The van der Waals surface area contributed by atoms with Crippen LogP contribution < -0.4 is 0 Å². The third kappa shape index (κ3) is 4.12. The van der Waals surface area contributed by atoms with E-state index in [0.29, 0.717) is 0 Å². The standard InChI is InChI=1S/C19H27BrN2O2/c1-14-9-15(11-16(20)10-14)12-22-8-7-21(13-19(22)5-6-19)17(23)24-18(2,3)4/h9-11H,5-8,12-13H2,1-4H3. The number of nitrogens with zero attached hydrogens (tertiary/aromatic N) is 2. The Kier molecular flexibility index (Phi) is 4.69. The molecule has 0 radical (unpaired) electrons. The zero-order valence-corrected chi connectivity index (χ0v) is 16.6. The molecule has 24 heavy (non-hydrogen) atoms. The molecule has 0 unspecified atom stereocenters. The molecule has 1 aliphatic heterocycles. The molecule has 1 aromatic rings.